The van der Waals surface area contributed by atoms with Crippen LogP contribution in [0.1, 0.15) is 12.5 Å². The van der Waals surface area contributed by atoms with Crippen molar-refractivity contribution in [2.45, 2.75) is 13.0 Å². The van der Waals surface area contributed by atoms with Crippen molar-refractivity contribution in [2.24, 2.45) is 5.10 Å². The van der Waals surface area contributed by atoms with Gasteiger partial charge in [0.1, 0.15) is 6.61 Å². The van der Waals surface area contributed by atoms with Gasteiger partial charge in [0.25, 0.3) is 5.91 Å². The summed E-state index contributed by atoms with van der Waals surface area (Å²) >= 11 is 3.41. The molecule has 23 heavy (non-hydrogen) atoms. The number of rotatable bonds is 3. The average molecular weight is 375 g/mol. The molecule has 1 heterocycles. The Balaban J connectivity index is 1.65. The number of ether oxygens (including phenoxy) is 2. The monoisotopic (exact) mass is 374 g/mol. The van der Waals surface area contributed by atoms with Crippen molar-refractivity contribution < 1.29 is 14.3 Å². The Morgan fingerprint density at radius 1 is 1.22 bits per heavy atom. The number of benzene rings is 2. The summed E-state index contributed by atoms with van der Waals surface area (Å²) < 4.78 is 12.1. The highest BCUT2D eigenvalue weighted by atomic mass is 79.9. The van der Waals surface area contributed by atoms with Crippen LogP contribution in [0.25, 0.3) is 0 Å². The lowest BCUT2D eigenvalue weighted by molar-refractivity contribution is -0.130. The molecule has 0 saturated carbocycles. The molecule has 1 aliphatic heterocycles. The summed E-state index contributed by atoms with van der Waals surface area (Å²) in [5.74, 6) is 0.866. The summed E-state index contributed by atoms with van der Waals surface area (Å²) in [5, 5.41) is 4.13. The summed E-state index contributed by atoms with van der Waals surface area (Å²) in [7, 11) is 0. The van der Waals surface area contributed by atoms with Crippen molar-refractivity contribution in [3.05, 3.63) is 58.6 Å². The molecule has 0 aromatic heterocycles. The average Bonchev–Trinajstić information content (AvgIpc) is 2.59. The second-order valence-corrected chi connectivity index (χ2v) is 5.96. The topological polar surface area (TPSA) is 59.9 Å². The predicted molar refractivity (Wildman–Crippen MR) is 90.8 cm³/mol. The Hall–Kier alpha value is -2.34. The molecular weight excluding hydrogens is 360 g/mol. The first-order chi connectivity index (χ1) is 11.1. The molecule has 1 aliphatic rings. The van der Waals surface area contributed by atoms with Gasteiger partial charge in [-0.3, -0.25) is 4.79 Å². The molecule has 0 bridgehead atoms. The van der Waals surface area contributed by atoms with Gasteiger partial charge in [-0.15, -0.1) is 0 Å². The van der Waals surface area contributed by atoms with Crippen molar-refractivity contribution in [1.82, 2.24) is 5.43 Å². The van der Waals surface area contributed by atoms with Gasteiger partial charge in [0.15, 0.2) is 11.5 Å². The highest BCUT2D eigenvalue weighted by Gasteiger charge is 2.27. The molecule has 0 radical (unpaired) electrons. The second-order valence-electron chi connectivity index (χ2n) is 5.05. The van der Waals surface area contributed by atoms with Crippen LogP contribution >= 0.6 is 15.9 Å². The van der Waals surface area contributed by atoms with Crippen LogP contribution < -0.4 is 14.9 Å². The SMILES string of the molecule is C/C(=N\NC(=O)C1COc2ccccc2O1)c1cccc(Br)c1. The summed E-state index contributed by atoms with van der Waals surface area (Å²) in [4.78, 5) is 12.2. The first kappa shape index (κ1) is 15.6. The number of nitrogens with zero attached hydrogens (tertiary/aromatic N) is 1. The summed E-state index contributed by atoms with van der Waals surface area (Å²) in [6.45, 7) is 1.99. The van der Waals surface area contributed by atoms with Crippen molar-refractivity contribution in [3.8, 4) is 11.5 Å². The molecule has 0 saturated heterocycles. The van der Waals surface area contributed by atoms with Gasteiger partial charge in [0.2, 0.25) is 6.10 Å². The van der Waals surface area contributed by atoms with E-state index in [1.807, 2.05) is 43.3 Å². The van der Waals surface area contributed by atoms with E-state index >= 15 is 0 Å². The van der Waals surface area contributed by atoms with Crippen LogP contribution in [0.4, 0.5) is 0 Å². The normalized spacial score (nSPS) is 16.8. The molecule has 6 heteroatoms. The number of para-hydroxylation sites is 2. The van der Waals surface area contributed by atoms with E-state index in [1.165, 1.54) is 0 Å². The van der Waals surface area contributed by atoms with Crippen LogP contribution in [0.3, 0.4) is 0 Å². The minimum atomic E-state index is -0.719. The lowest BCUT2D eigenvalue weighted by Gasteiger charge is -2.24. The largest absolute Gasteiger partial charge is 0.485 e. The predicted octanol–water partition coefficient (Wildman–Crippen LogP) is 3.13. The van der Waals surface area contributed by atoms with Crippen LogP contribution in [0.15, 0.2) is 58.1 Å². The maximum atomic E-state index is 12.2. The number of carbonyl (C=O) groups excluding carboxylic acids is 1. The number of hydrazone groups is 1. The third-order valence-electron chi connectivity index (χ3n) is 3.38. The minimum absolute atomic E-state index is 0.161. The van der Waals surface area contributed by atoms with E-state index in [0.29, 0.717) is 17.2 Å². The van der Waals surface area contributed by atoms with E-state index in [1.54, 1.807) is 12.1 Å². The van der Waals surface area contributed by atoms with E-state index in [9.17, 15) is 4.79 Å². The lowest BCUT2D eigenvalue weighted by Crippen LogP contribution is -2.42. The van der Waals surface area contributed by atoms with Gasteiger partial charge in [-0.1, -0.05) is 40.2 Å². The Bertz CT molecular complexity index is 761. The molecule has 1 atom stereocenters. The molecule has 1 unspecified atom stereocenters. The van der Waals surface area contributed by atoms with Crippen molar-refractivity contribution >= 4 is 27.5 Å². The fraction of sp³-hybridized carbons (Fsp3) is 0.176. The number of halogens is 1. The Morgan fingerprint density at radius 2 is 2.00 bits per heavy atom. The highest BCUT2D eigenvalue weighted by Crippen LogP contribution is 2.30. The Labute approximate surface area is 142 Å². The van der Waals surface area contributed by atoms with Gasteiger partial charge in [0, 0.05) is 4.47 Å². The molecule has 0 spiro atoms. The van der Waals surface area contributed by atoms with Gasteiger partial charge in [-0.2, -0.15) is 5.10 Å². The Morgan fingerprint density at radius 3 is 2.78 bits per heavy atom. The molecule has 2 aromatic carbocycles. The van der Waals surface area contributed by atoms with Crippen LogP contribution in [0.5, 0.6) is 11.5 Å². The van der Waals surface area contributed by atoms with Gasteiger partial charge < -0.3 is 9.47 Å². The van der Waals surface area contributed by atoms with E-state index in [4.69, 9.17) is 9.47 Å². The summed E-state index contributed by atoms with van der Waals surface area (Å²) in [5.41, 5.74) is 4.16. The number of fused-ring (bicyclic) bond motifs is 1. The first-order valence-corrected chi connectivity index (χ1v) is 7.91. The van der Waals surface area contributed by atoms with Crippen LogP contribution in [0.2, 0.25) is 0 Å². The zero-order chi connectivity index (χ0) is 16.2. The standard InChI is InChI=1S/C17H15BrN2O3/c1-11(12-5-4-6-13(18)9-12)19-20-17(21)16-10-22-14-7-2-3-8-15(14)23-16/h2-9,16H,10H2,1H3,(H,20,21)/b19-11+. The quantitative estimate of drug-likeness (QED) is 0.663. The van der Waals surface area contributed by atoms with Gasteiger partial charge in [0.05, 0.1) is 5.71 Å². The molecule has 0 fully saturated rings. The van der Waals surface area contributed by atoms with E-state index < -0.39 is 6.10 Å². The molecule has 118 valence electrons. The fourth-order valence-corrected chi connectivity index (χ4v) is 2.54. The van der Waals surface area contributed by atoms with E-state index in [0.717, 1.165) is 10.0 Å². The van der Waals surface area contributed by atoms with Gasteiger partial charge in [-0.25, -0.2) is 5.43 Å². The van der Waals surface area contributed by atoms with Crippen LogP contribution in [0, 0.1) is 0 Å². The van der Waals surface area contributed by atoms with Gasteiger partial charge >= 0.3 is 0 Å². The zero-order valence-electron chi connectivity index (χ0n) is 12.5. The van der Waals surface area contributed by atoms with Crippen molar-refractivity contribution in [3.63, 3.8) is 0 Å². The highest BCUT2D eigenvalue weighted by molar-refractivity contribution is 9.10. The second kappa shape index (κ2) is 6.83. The first-order valence-electron chi connectivity index (χ1n) is 7.12. The molecule has 1 amide bonds. The minimum Gasteiger partial charge on any atom is -0.485 e. The number of hydrogen-bond donors (Lipinski definition) is 1. The lowest BCUT2D eigenvalue weighted by atomic mass is 10.1. The number of amides is 1. The summed E-state index contributed by atoms with van der Waals surface area (Å²) in [6, 6.07) is 15.0. The van der Waals surface area contributed by atoms with Crippen molar-refractivity contribution in [1.29, 1.82) is 0 Å². The van der Waals surface area contributed by atoms with Gasteiger partial charge in [-0.05, 0) is 36.8 Å². The third-order valence-corrected chi connectivity index (χ3v) is 3.87. The summed E-state index contributed by atoms with van der Waals surface area (Å²) in [6.07, 6.45) is -0.719. The van der Waals surface area contributed by atoms with E-state index in [-0.39, 0.29) is 12.5 Å². The van der Waals surface area contributed by atoms with Crippen LogP contribution in [-0.4, -0.2) is 24.3 Å². The van der Waals surface area contributed by atoms with Crippen LogP contribution in [-0.2, 0) is 4.79 Å². The van der Waals surface area contributed by atoms with E-state index in [2.05, 4.69) is 26.5 Å². The molecule has 3 rings (SSSR count). The molecule has 1 N–H and O–H groups in total. The fourth-order valence-electron chi connectivity index (χ4n) is 2.14. The molecule has 2 aromatic rings. The maximum absolute atomic E-state index is 12.2. The van der Waals surface area contributed by atoms with Crippen molar-refractivity contribution in [2.75, 3.05) is 6.61 Å². The smallest absolute Gasteiger partial charge is 0.284 e. The molecule has 5 nitrogen and oxygen atoms in total. The third kappa shape index (κ3) is 3.71. The number of hydrogen-bond acceptors (Lipinski definition) is 4. The maximum Gasteiger partial charge on any atom is 0.284 e. The number of carbonyl (C=O) groups is 1. The zero-order valence-corrected chi connectivity index (χ0v) is 14.0. The molecular formula is C17H15BrN2O3. The number of nitrogens with one attached hydrogen (secondary N) is 1. The molecule has 0 aliphatic carbocycles. The Kier molecular flexibility index (Phi) is 4.62.